The van der Waals surface area contributed by atoms with E-state index in [4.69, 9.17) is 11.6 Å². The van der Waals surface area contributed by atoms with Gasteiger partial charge in [0, 0.05) is 48.6 Å². The quantitative estimate of drug-likeness (QED) is 0.856. The predicted octanol–water partition coefficient (Wildman–Crippen LogP) is 3.23. The van der Waals surface area contributed by atoms with Crippen LogP contribution in [-0.4, -0.2) is 59.1 Å². The van der Waals surface area contributed by atoms with E-state index in [1.165, 1.54) is 37.4 Å². The average Bonchev–Trinajstić information content (AvgIpc) is 3.17. The third-order valence-electron chi connectivity index (χ3n) is 5.63. The first-order valence-electron chi connectivity index (χ1n) is 9.39. The van der Waals surface area contributed by atoms with E-state index in [2.05, 4.69) is 10.2 Å². The number of fused-ring (bicyclic) bond motifs is 1. The summed E-state index contributed by atoms with van der Waals surface area (Å²) >= 11 is 7.44. The van der Waals surface area contributed by atoms with E-state index in [9.17, 15) is 9.59 Å². The van der Waals surface area contributed by atoms with Crippen molar-refractivity contribution in [2.45, 2.75) is 48.3 Å². The van der Waals surface area contributed by atoms with Gasteiger partial charge in [-0.05, 0) is 31.0 Å². The molecule has 0 bridgehead atoms. The Morgan fingerprint density at radius 1 is 1.19 bits per heavy atom. The second kappa shape index (κ2) is 7.79. The zero-order valence-corrected chi connectivity index (χ0v) is 16.3. The molecule has 1 atom stereocenters. The number of piperazine rings is 1. The third-order valence-corrected chi connectivity index (χ3v) is 7.14. The number of hydrogen-bond donors (Lipinski definition) is 1. The van der Waals surface area contributed by atoms with E-state index in [0.29, 0.717) is 5.02 Å². The van der Waals surface area contributed by atoms with Crippen molar-refractivity contribution in [1.29, 1.82) is 0 Å². The Labute approximate surface area is 163 Å². The van der Waals surface area contributed by atoms with Crippen molar-refractivity contribution in [3.8, 4) is 0 Å². The molecule has 1 aromatic rings. The van der Waals surface area contributed by atoms with Crippen molar-refractivity contribution in [1.82, 2.24) is 9.80 Å². The summed E-state index contributed by atoms with van der Waals surface area (Å²) in [4.78, 5) is 30.5. The molecule has 0 aromatic heterocycles. The van der Waals surface area contributed by atoms with Gasteiger partial charge >= 0.3 is 0 Å². The molecule has 0 radical (unpaired) electrons. The fraction of sp³-hybridized carbons (Fsp3) is 0.579. The molecule has 1 saturated heterocycles. The molecule has 1 unspecified atom stereocenters. The van der Waals surface area contributed by atoms with E-state index >= 15 is 0 Å². The van der Waals surface area contributed by atoms with Crippen LogP contribution < -0.4 is 5.32 Å². The Morgan fingerprint density at radius 2 is 1.92 bits per heavy atom. The van der Waals surface area contributed by atoms with E-state index in [1.807, 2.05) is 17.0 Å². The molecule has 4 rings (SSSR count). The standard InChI is InChI=1S/C19H24ClN3O2S/c20-13-5-6-16-15(11-13)21-19(25)17(26-16)12-18(24)23-9-7-22(8-10-23)14-3-1-2-4-14/h5-6,11,14,17H,1-4,7-10,12H2,(H,21,25). The molecule has 0 spiro atoms. The lowest BCUT2D eigenvalue weighted by Gasteiger charge is -2.38. The second-order valence-corrected chi connectivity index (χ2v) is 8.98. The summed E-state index contributed by atoms with van der Waals surface area (Å²) in [6, 6.07) is 6.18. The highest BCUT2D eigenvalue weighted by molar-refractivity contribution is 8.01. The van der Waals surface area contributed by atoms with Gasteiger partial charge in [-0.15, -0.1) is 11.8 Å². The molecule has 1 aliphatic carbocycles. The van der Waals surface area contributed by atoms with Gasteiger partial charge in [-0.3, -0.25) is 14.5 Å². The summed E-state index contributed by atoms with van der Waals surface area (Å²) in [6.45, 7) is 3.48. The highest BCUT2D eigenvalue weighted by Crippen LogP contribution is 2.38. The molecular formula is C19H24ClN3O2S. The lowest BCUT2D eigenvalue weighted by atomic mass is 10.1. The molecule has 1 aromatic carbocycles. The zero-order chi connectivity index (χ0) is 18.1. The Kier molecular flexibility index (Phi) is 5.43. The van der Waals surface area contributed by atoms with Gasteiger partial charge in [0.15, 0.2) is 0 Å². The van der Waals surface area contributed by atoms with E-state index in [-0.39, 0.29) is 23.5 Å². The molecule has 2 aliphatic heterocycles. The van der Waals surface area contributed by atoms with Crippen LogP contribution in [0.3, 0.4) is 0 Å². The lowest BCUT2D eigenvalue weighted by Crippen LogP contribution is -2.52. The van der Waals surface area contributed by atoms with E-state index < -0.39 is 0 Å². The summed E-state index contributed by atoms with van der Waals surface area (Å²) in [5.74, 6) is -0.0242. The van der Waals surface area contributed by atoms with Gasteiger partial charge in [-0.25, -0.2) is 0 Å². The molecule has 26 heavy (non-hydrogen) atoms. The van der Waals surface area contributed by atoms with Crippen molar-refractivity contribution in [3.05, 3.63) is 23.2 Å². The highest BCUT2D eigenvalue weighted by atomic mass is 35.5. The molecule has 5 nitrogen and oxygen atoms in total. The number of halogens is 1. The van der Waals surface area contributed by atoms with Gasteiger partial charge in [-0.1, -0.05) is 24.4 Å². The van der Waals surface area contributed by atoms with Crippen molar-refractivity contribution >= 4 is 40.9 Å². The normalized spacial score (nSPS) is 24.4. The first kappa shape index (κ1) is 18.1. The minimum atomic E-state index is -0.371. The summed E-state index contributed by atoms with van der Waals surface area (Å²) in [7, 11) is 0. The number of amides is 2. The number of thioether (sulfide) groups is 1. The average molecular weight is 394 g/mol. The minimum absolute atomic E-state index is 0.0844. The lowest BCUT2D eigenvalue weighted by molar-refractivity contribution is -0.134. The van der Waals surface area contributed by atoms with Crippen LogP contribution in [0.15, 0.2) is 23.1 Å². The molecule has 2 heterocycles. The number of benzene rings is 1. The summed E-state index contributed by atoms with van der Waals surface area (Å²) in [5.41, 5.74) is 0.737. The van der Waals surface area contributed by atoms with Gasteiger partial charge in [0.25, 0.3) is 0 Å². The maximum absolute atomic E-state index is 12.7. The van der Waals surface area contributed by atoms with Gasteiger partial charge in [-0.2, -0.15) is 0 Å². The van der Waals surface area contributed by atoms with Crippen LogP contribution in [-0.2, 0) is 9.59 Å². The van der Waals surface area contributed by atoms with Crippen LogP contribution in [0.1, 0.15) is 32.1 Å². The second-order valence-electron chi connectivity index (χ2n) is 7.30. The number of nitrogens with one attached hydrogen (secondary N) is 1. The van der Waals surface area contributed by atoms with Gasteiger partial charge < -0.3 is 10.2 Å². The number of hydrogen-bond acceptors (Lipinski definition) is 4. The summed E-state index contributed by atoms with van der Waals surface area (Å²) < 4.78 is 0. The van der Waals surface area contributed by atoms with Crippen LogP contribution >= 0.6 is 23.4 Å². The molecule has 3 aliphatic rings. The van der Waals surface area contributed by atoms with Crippen LogP contribution in [0.2, 0.25) is 5.02 Å². The predicted molar refractivity (Wildman–Crippen MR) is 105 cm³/mol. The SMILES string of the molecule is O=C1Nc2cc(Cl)ccc2SC1CC(=O)N1CCN(C2CCCC2)CC1. The number of anilines is 1. The molecular weight excluding hydrogens is 370 g/mol. The Bertz CT molecular complexity index is 700. The molecule has 1 saturated carbocycles. The van der Waals surface area contributed by atoms with Gasteiger partial charge in [0.05, 0.1) is 10.9 Å². The smallest absolute Gasteiger partial charge is 0.238 e. The van der Waals surface area contributed by atoms with Crippen LogP contribution in [0, 0.1) is 0 Å². The fourth-order valence-corrected chi connectivity index (χ4v) is 5.40. The van der Waals surface area contributed by atoms with E-state index in [1.54, 1.807) is 6.07 Å². The first-order valence-corrected chi connectivity index (χ1v) is 10.6. The zero-order valence-electron chi connectivity index (χ0n) is 14.7. The highest BCUT2D eigenvalue weighted by Gasteiger charge is 2.32. The molecule has 2 fully saturated rings. The Hall–Kier alpha value is -1.24. The molecule has 2 amide bonds. The monoisotopic (exact) mass is 393 g/mol. The van der Waals surface area contributed by atoms with Crippen molar-refractivity contribution in [3.63, 3.8) is 0 Å². The maximum atomic E-state index is 12.7. The third kappa shape index (κ3) is 3.87. The minimum Gasteiger partial charge on any atom is -0.340 e. The molecule has 140 valence electrons. The molecule has 7 heteroatoms. The Balaban J connectivity index is 1.32. The maximum Gasteiger partial charge on any atom is 0.238 e. The number of rotatable bonds is 3. The van der Waals surface area contributed by atoms with Gasteiger partial charge in [0.2, 0.25) is 11.8 Å². The van der Waals surface area contributed by atoms with E-state index in [0.717, 1.165) is 42.8 Å². The van der Waals surface area contributed by atoms with Crippen molar-refractivity contribution < 1.29 is 9.59 Å². The van der Waals surface area contributed by atoms with Crippen molar-refractivity contribution in [2.75, 3.05) is 31.5 Å². The number of nitrogens with zero attached hydrogens (tertiary/aromatic N) is 2. The van der Waals surface area contributed by atoms with Crippen LogP contribution in [0.5, 0.6) is 0 Å². The Morgan fingerprint density at radius 3 is 2.65 bits per heavy atom. The van der Waals surface area contributed by atoms with Crippen molar-refractivity contribution in [2.24, 2.45) is 0 Å². The van der Waals surface area contributed by atoms with Gasteiger partial charge in [0.1, 0.15) is 0 Å². The van der Waals surface area contributed by atoms with Crippen LogP contribution in [0.4, 0.5) is 5.69 Å². The summed E-state index contributed by atoms with van der Waals surface area (Å²) in [6.07, 6.45) is 5.53. The first-order chi connectivity index (χ1) is 12.6. The summed E-state index contributed by atoms with van der Waals surface area (Å²) in [5, 5.41) is 3.11. The van der Waals surface area contributed by atoms with Crippen LogP contribution in [0.25, 0.3) is 0 Å². The molecule has 1 N–H and O–H groups in total. The topological polar surface area (TPSA) is 52.7 Å². The fourth-order valence-electron chi connectivity index (χ4n) is 4.15. The largest absolute Gasteiger partial charge is 0.340 e. The number of carbonyl (C=O) groups is 2. The number of carbonyl (C=O) groups excluding carboxylic acids is 2.